The van der Waals surface area contributed by atoms with Gasteiger partial charge in [0.25, 0.3) is 5.24 Å². The molecule has 1 heterocycles. The first-order valence-electron chi connectivity index (χ1n) is 3.46. The van der Waals surface area contributed by atoms with Crippen molar-refractivity contribution in [3.63, 3.8) is 0 Å². The molecule has 0 aromatic rings. The van der Waals surface area contributed by atoms with Crippen molar-refractivity contribution >= 4 is 22.8 Å². The van der Waals surface area contributed by atoms with Gasteiger partial charge in [0, 0.05) is 0 Å². The van der Waals surface area contributed by atoms with Crippen LogP contribution < -0.4 is 0 Å². The molecule has 0 radical (unpaired) electrons. The van der Waals surface area contributed by atoms with Crippen LogP contribution in [0.1, 0.15) is 19.8 Å². The Morgan fingerprint density at radius 3 is 2.36 bits per heavy atom. The van der Waals surface area contributed by atoms with E-state index in [1.165, 1.54) is 0 Å². The zero-order valence-electron chi connectivity index (χ0n) is 6.02. The van der Waals surface area contributed by atoms with Gasteiger partial charge in [-0.15, -0.1) is 0 Å². The molecule has 11 heavy (non-hydrogen) atoms. The highest BCUT2D eigenvalue weighted by atomic mass is 35.5. The molecule has 2 fully saturated rings. The number of carbonyl (C=O) groups is 2. The number of rotatable bonds is 1. The van der Waals surface area contributed by atoms with Gasteiger partial charge in [-0.25, -0.2) is 0 Å². The van der Waals surface area contributed by atoms with Gasteiger partial charge in [-0.1, -0.05) is 0 Å². The largest absolute Gasteiger partial charge is 0.448 e. The number of hydrogen-bond acceptors (Lipinski definition) is 3. The maximum absolute atomic E-state index is 10.9. The Morgan fingerprint density at radius 2 is 2.27 bits per heavy atom. The molecule has 1 saturated heterocycles. The van der Waals surface area contributed by atoms with Crippen molar-refractivity contribution in [2.45, 2.75) is 25.4 Å². The fraction of sp³-hybridized carbons (Fsp3) is 0.714. The molecule has 0 spiro atoms. The normalized spacial score (nSPS) is 46.5. The number of esters is 1. The van der Waals surface area contributed by atoms with Crippen LogP contribution in [0.3, 0.4) is 0 Å². The van der Waals surface area contributed by atoms with Gasteiger partial charge in [0.1, 0.15) is 5.41 Å². The molecule has 4 heteroatoms. The van der Waals surface area contributed by atoms with E-state index < -0.39 is 16.3 Å². The Labute approximate surface area is 68.7 Å². The van der Waals surface area contributed by atoms with Crippen molar-refractivity contribution < 1.29 is 14.3 Å². The van der Waals surface area contributed by atoms with Crippen LogP contribution >= 0.6 is 11.6 Å². The first-order valence-corrected chi connectivity index (χ1v) is 3.84. The maximum Gasteiger partial charge on any atom is 0.317 e. The van der Waals surface area contributed by atoms with Gasteiger partial charge in [-0.2, -0.15) is 0 Å². The van der Waals surface area contributed by atoms with E-state index in [-0.39, 0.29) is 5.97 Å². The first-order chi connectivity index (χ1) is 5.03. The van der Waals surface area contributed by atoms with Gasteiger partial charge in [0.15, 0.2) is 0 Å². The third-order valence-corrected chi connectivity index (χ3v) is 3.21. The summed E-state index contributed by atoms with van der Waals surface area (Å²) in [5.41, 5.74) is -1.56. The van der Waals surface area contributed by atoms with Crippen LogP contribution in [0, 0.1) is 5.41 Å². The predicted molar refractivity (Wildman–Crippen MR) is 37.0 cm³/mol. The summed E-state index contributed by atoms with van der Waals surface area (Å²) in [6, 6.07) is 0. The monoisotopic (exact) mass is 174 g/mol. The van der Waals surface area contributed by atoms with E-state index in [2.05, 4.69) is 0 Å². The minimum Gasteiger partial charge on any atom is -0.448 e. The lowest BCUT2D eigenvalue weighted by atomic mass is 9.54. The van der Waals surface area contributed by atoms with E-state index >= 15 is 0 Å². The zero-order chi connectivity index (χ0) is 8.28. The molecule has 0 aromatic carbocycles. The van der Waals surface area contributed by atoms with Crippen molar-refractivity contribution in [3.05, 3.63) is 0 Å². The Kier molecular flexibility index (Phi) is 1.04. The standard InChI is InChI=1S/C7H7ClO3/c1-6-2-3-7(6,4(8)9)11-5(6)10/h2-3H2,1H3/t6-,7?/m0/s1. The van der Waals surface area contributed by atoms with Crippen LogP contribution in [0.2, 0.25) is 0 Å². The van der Waals surface area contributed by atoms with Crippen LogP contribution in [0.5, 0.6) is 0 Å². The van der Waals surface area contributed by atoms with Gasteiger partial charge in [0.2, 0.25) is 5.60 Å². The minimum absolute atomic E-state index is 0.294. The molecule has 0 N–H and O–H groups in total. The van der Waals surface area contributed by atoms with Crippen LogP contribution in [0.15, 0.2) is 0 Å². The summed E-state index contributed by atoms with van der Waals surface area (Å²) in [6.45, 7) is 1.72. The van der Waals surface area contributed by atoms with Crippen LogP contribution in [0.4, 0.5) is 0 Å². The molecule has 2 rings (SSSR count). The summed E-state index contributed by atoms with van der Waals surface area (Å²) in [5.74, 6) is -0.294. The number of halogens is 1. The minimum atomic E-state index is -0.953. The van der Waals surface area contributed by atoms with Crippen molar-refractivity contribution in [2.75, 3.05) is 0 Å². The molecule has 0 amide bonds. The lowest BCUT2D eigenvalue weighted by Crippen LogP contribution is -2.74. The summed E-state index contributed by atoms with van der Waals surface area (Å²) in [6.07, 6.45) is 1.29. The second kappa shape index (κ2) is 1.61. The molecule has 1 unspecified atom stereocenters. The first kappa shape index (κ1) is 7.10. The van der Waals surface area contributed by atoms with E-state index in [1.54, 1.807) is 6.92 Å². The lowest BCUT2D eigenvalue weighted by Gasteiger charge is -2.60. The molecule has 2 atom stereocenters. The number of ether oxygens (including phenoxy) is 1. The second-order valence-electron chi connectivity index (χ2n) is 3.32. The summed E-state index contributed by atoms with van der Waals surface area (Å²) >= 11 is 5.31. The molecule has 3 nitrogen and oxygen atoms in total. The van der Waals surface area contributed by atoms with Crippen molar-refractivity contribution in [2.24, 2.45) is 5.41 Å². The highest BCUT2D eigenvalue weighted by molar-refractivity contribution is 6.66. The Balaban J connectivity index is 2.34. The number of carbonyl (C=O) groups excluding carboxylic acids is 2. The Morgan fingerprint density at radius 1 is 1.64 bits per heavy atom. The van der Waals surface area contributed by atoms with Gasteiger partial charge in [0.05, 0.1) is 0 Å². The summed E-state index contributed by atoms with van der Waals surface area (Å²) in [5, 5.41) is -0.536. The van der Waals surface area contributed by atoms with Gasteiger partial charge in [-0.05, 0) is 31.4 Å². The molecule has 0 bridgehead atoms. The van der Waals surface area contributed by atoms with Crippen molar-refractivity contribution in [1.82, 2.24) is 0 Å². The van der Waals surface area contributed by atoms with Crippen LogP contribution in [-0.2, 0) is 14.3 Å². The molecule has 1 saturated carbocycles. The maximum atomic E-state index is 10.9. The molecule has 2 aliphatic rings. The average molecular weight is 175 g/mol. The van der Waals surface area contributed by atoms with Gasteiger partial charge >= 0.3 is 5.97 Å². The molecule has 1 aliphatic carbocycles. The SMILES string of the molecule is C[C@@]12CCC1(C(=O)Cl)OC2=O. The highest BCUT2D eigenvalue weighted by Crippen LogP contribution is 2.61. The molecular weight excluding hydrogens is 168 g/mol. The summed E-state index contributed by atoms with van der Waals surface area (Å²) < 4.78 is 4.77. The third-order valence-electron chi connectivity index (χ3n) is 2.90. The highest BCUT2D eigenvalue weighted by Gasteiger charge is 2.76. The second-order valence-corrected chi connectivity index (χ2v) is 3.67. The molecular formula is C7H7ClO3. The quantitative estimate of drug-likeness (QED) is 0.437. The van der Waals surface area contributed by atoms with E-state index in [0.717, 1.165) is 0 Å². The molecule has 60 valence electrons. The predicted octanol–water partition coefficient (Wildman–Crippen LogP) is 0.847. The van der Waals surface area contributed by atoms with E-state index in [9.17, 15) is 9.59 Å². The van der Waals surface area contributed by atoms with Crippen LogP contribution in [0.25, 0.3) is 0 Å². The Bertz CT molecular complexity index is 262. The van der Waals surface area contributed by atoms with Gasteiger partial charge in [-0.3, -0.25) is 9.59 Å². The summed E-state index contributed by atoms with van der Waals surface area (Å²) in [4.78, 5) is 21.7. The van der Waals surface area contributed by atoms with Crippen LogP contribution in [-0.4, -0.2) is 16.8 Å². The number of fused-ring (bicyclic) bond motifs is 1. The Hall–Kier alpha value is -0.570. The van der Waals surface area contributed by atoms with Crippen molar-refractivity contribution in [1.29, 1.82) is 0 Å². The smallest absolute Gasteiger partial charge is 0.317 e. The zero-order valence-corrected chi connectivity index (χ0v) is 6.77. The molecule has 0 aromatic heterocycles. The van der Waals surface area contributed by atoms with E-state index in [0.29, 0.717) is 12.8 Å². The number of hydrogen-bond donors (Lipinski definition) is 0. The fourth-order valence-corrected chi connectivity index (χ4v) is 2.08. The summed E-state index contributed by atoms with van der Waals surface area (Å²) in [7, 11) is 0. The molecule has 1 aliphatic heterocycles. The third kappa shape index (κ3) is 0.495. The average Bonchev–Trinajstić information content (AvgIpc) is 1.95. The van der Waals surface area contributed by atoms with E-state index in [4.69, 9.17) is 16.3 Å². The fourth-order valence-electron chi connectivity index (χ4n) is 1.74. The van der Waals surface area contributed by atoms with Gasteiger partial charge < -0.3 is 4.74 Å². The van der Waals surface area contributed by atoms with E-state index in [1.807, 2.05) is 0 Å². The lowest BCUT2D eigenvalue weighted by molar-refractivity contribution is -0.265. The van der Waals surface area contributed by atoms with Crippen molar-refractivity contribution in [3.8, 4) is 0 Å². The topological polar surface area (TPSA) is 43.4 Å².